The molecule has 0 bridgehead atoms. The first-order valence-corrected chi connectivity index (χ1v) is 7.34. The molecule has 1 amide bonds. The summed E-state index contributed by atoms with van der Waals surface area (Å²) < 4.78 is 5.46. The van der Waals surface area contributed by atoms with Crippen LogP contribution in [0, 0.1) is 0 Å². The number of carbonyl (C=O) groups is 1. The third kappa shape index (κ3) is 2.26. The molecule has 2 heterocycles. The van der Waals surface area contributed by atoms with E-state index in [-0.39, 0.29) is 5.91 Å². The Morgan fingerprint density at radius 1 is 1.44 bits per heavy atom. The van der Waals surface area contributed by atoms with Crippen molar-refractivity contribution in [2.75, 3.05) is 19.7 Å². The molecular weight excluding hydrogens is 294 g/mol. The van der Waals surface area contributed by atoms with Crippen LogP contribution in [0.5, 0.6) is 5.75 Å². The number of piperidine rings is 1. The summed E-state index contributed by atoms with van der Waals surface area (Å²) in [5, 5.41) is 0. The van der Waals surface area contributed by atoms with Gasteiger partial charge in [-0.15, -0.1) is 0 Å². The van der Waals surface area contributed by atoms with E-state index in [1.54, 1.807) is 0 Å². The van der Waals surface area contributed by atoms with E-state index in [1.165, 1.54) is 0 Å². The van der Waals surface area contributed by atoms with E-state index >= 15 is 0 Å². The van der Waals surface area contributed by atoms with Gasteiger partial charge in [-0.05, 0) is 36.6 Å². The summed E-state index contributed by atoms with van der Waals surface area (Å²) in [6, 6.07) is 5.79. The lowest BCUT2D eigenvalue weighted by molar-refractivity contribution is 0.0730. The Bertz CT molecular complexity index is 475. The summed E-state index contributed by atoms with van der Waals surface area (Å²) in [7, 11) is 0. The van der Waals surface area contributed by atoms with Crippen molar-refractivity contribution in [2.45, 2.75) is 24.1 Å². The van der Waals surface area contributed by atoms with Crippen molar-refractivity contribution in [1.29, 1.82) is 0 Å². The van der Waals surface area contributed by atoms with Crippen molar-refractivity contribution >= 4 is 21.8 Å². The largest absolute Gasteiger partial charge is 0.493 e. The molecule has 3 rings (SSSR count). The molecule has 1 unspecified atom stereocenters. The van der Waals surface area contributed by atoms with Crippen molar-refractivity contribution in [3.8, 4) is 5.75 Å². The lowest BCUT2D eigenvalue weighted by Crippen LogP contribution is -2.40. The summed E-state index contributed by atoms with van der Waals surface area (Å²) >= 11 is 3.61. The predicted molar refractivity (Wildman–Crippen MR) is 73.5 cm³/mol. The molecular formula is C14H16BrNO2. The molecule has 4 heteroatoms. The van der Waals surface area contributed by atoms with E-state index in [2.05, 4.69) is 15.9 Å². The molecule has 96 valence electrons. The average molecular weight is 310 g/mol. The quantitative estimate of drug-likeness (QED) is 0.746. The van der Waals surface area contributed by atoms with Gasteiger partial charge in [-0.25, -0.2) is 0 Å². The normalized spacial score (nSPS) is 22.5. The van der Waals surface area contributed by atoms with E-state index < -0.39 is 0 Å². The van der Waals surface area contributed by atoms with Gasteiger partial charge in [0, 0.05) is 29.9 Å². The zero-order valence-electron chi connectivity index (χ0n) is 10.2. The second kappa shape index (κ2) is 4.92. The Morgan fingerprint density at radius 3 is 3.17 bits per heavy atom. The van der Waals surface area contributed by atoms with Crippen LogP contribution in [0.2, 0.25) is 0 Å². The van der Waals surface area contributed by atoms with Crippen LogP contribution in [0.3, 0.4) is 0 Å². The van der Waals surface area contributed by atoms with Gasteiger partial charge in [-0.3, -0.25) is 4.79 Å². The van der Waals surface area contributed by atoms with E-state index in [1.807, 2.05) is 23.1 Å². The van der Waals surface area contributed by atoms with E-state index in [0.29, 0.717) is 4.83 Å². The first-order valence-electron chi connectivity index (χ1n) is 6.43. The number of hydrogen-bond donors (Lipinski definition) is 0. The van der Waals surface area contributed by atoms with Crippen LogP contribution >= 0.6 is 15.9 Å². The number of halogens is 1. The second-order valence-corrected chi connectivity index (χ2v) is 6.21. The number of amides is 1. The number of carbonyl (C=O) groups excluding carboxylic acids is 1. The average Bonchev–Trinajstić information content (AvgIpc) is 2.85. The lowest BCUT2D eigenvalue weighted by Gasteiger charge is -2.30. The minimum atomic E-state index is 0.147. The smallest absolute Gasteiger partial charge is 0.253 e. The van der Waals surface area contributed by atoms with Crippen LogP contribution in [0.4, 0.5) is 0 Å². The number of fused-ring (bicyclic) bond motifs is 1. The van der Waals surface area contributed by atoms with Crippen LogP contribution in [-0.4, -0.2) is 35.3 Å². The number of rotatable bonds is 1. The van der Waals surface area contributed by atoms with Gasteiger partial charge in [0.2, 0.25) is 0 Å². The summed E-state index contributed by atoms with van der Waals surface area (Å²) in [4.78, 5) is 14.8. The van der Waals surface area contributed by atoms with E-state index in [4.69, 9.17) is 4.74 Å². The monoisotopic (exact) mass is 309 g/mol. The zero-order valence-corrected chi connectivity index (χ0v) is 11.8. The highest BCUT2D eigenvalue weighted by molar-refractivity contribution is 9.09. The predicted octanol–water partition coefficient (Wildman–Crippen LogP) is 2.62. The van der Waals surface area contributed by atoms with Crippen LogP contribution in [-0.2, 0) is 6.42 Å². The molecule has 2 aliphatic heterocycles. The Kier molecular flexibility index (Phi) is 3.29. The number of hydrogen-bond acceptors (Lipinski definition) is 2. The minimum Gasteiger partial charge on any atom is -0.493 e. The summed E-state index contributed by atoms with van der Waals surface area (Å²) in [6.45, 7) is 2.42. The molecule has 0 saturated carbocycles. The summed E-state index contributed by atoms with van der Waals surface area (Å²) in [6.07, 6.45) is 3.15. The third-order valence-corrected chi connectivity index (χ3v) is 4.33. The first kappa shape index (κ1) is 12.0. The fourth-order valence-corrected chi connectivity index (χ4v) is 3.29. The minimum absolute atomic E-state index is 0.147. The van der Waals surface area contributed by atoms with Gasteiger partial charge in [0.25, 0.3) is 5.91 Å². The maximum Gasteiger partial charge on any atom is 0.253 e. The van der Waals surface area contributed by atoms with Gasteiger partial charge in [0.1, 0.15) is 5.75 Å². The Morgan fingerprint density at radius 2 is 2.33 bits per heavy atom. The Balaban J connectivity index is 1.79. The van der Waals surface area contributed by atoms with Crippen LogP contribution in [0.1, 0.15) is 28.8 Å². The molecule has 1 atom stereocenters. The summed E-state index contributed by atoms with van der Waals surface area (Å²) in [5.74, 6) is 1.08. The van der Waals surface area contributed by atoms with Crippen LogP contribution in [0.15, 0.2) is 18.2 Å². The fourth-order valence-electron chi connectivity index (χ4n) is 2.61. The molecule has 1 aromatic rings. The number of likely N-dealkylation sites (tertiary alicyclic amines) is 1. The highest BCUT2D eigenvalue weighted by Gasteiger charge is 2.24. The van der Waals surface area contributed by atoms with Crippen molar-refractivity contribution in [2.24, 2.45) is 0 Å². The van der Waals surface area contributed by atoms with Crippen molar-refractivity contribution < 1.29 is 9.53 Å². The second-order valence-electron chi connectivity index (χ2n) is 4.91. The topological polar surface area (TPSA) is 29.5 Å². The van der Waals surface area contributed by atoms with E-state index in [0.717, 1.165) is 55.8 Å². The van der Waals surface area contributed by atoms with Crippen molar-refractivity contribution in [3.05, 3.63) is 29.3 Å². The highest BCUT2D eigenvalue weighted by atomic mass is 79.9. The van der Waals surface area contributed by atoms with Crippen molar-refractivity contribution in [1.82, 2.24) is 4.90 Å². The van der Waals surface area contributed by atoms with Gasteiger partial charge < -0.3 is 9.64 Å². The number of nitrogens with zero attached hydrogens (tertiary/aromatic N) is 1. The SMILES string of the molecule is O=C(c1ccc2c(c1)CCO2)N1CCCC(Br)C1. The number of ether oxygens (including phenoxy) is 1. The third-order valence-electron chi connectivity index (χ3n) is 3.59. The lowest BCUT2D eigenvalue weighted by atomic mass is 10.1. The van der Waals surface area contributed by atoms with Gasteiger partial charge in [-0.1, -0.05) is 15.9 Å². The van der Waals surface area contributed by atoms with Gasteiger partial charge in [0.15, 0.2) is 0 Å². The Labute approximate surface area is 115 Å². The zero-order chi connectivity index (χ0) is 12.5. The molecule has 0 radical (unpaired) electrons. The molecule has 2 aliphatic rings. The highest BCUT2D eigenvalue weighted by Crippen LogP contribution is 2.27. The van der Waals surface area contributed by atoms with Gasteiger partial charge in [-0.2, -0.15) is 0 Å². The maximum absolute atomic E-state index is 12.4. The molecule has 18 heavy (non-hydrogen) atoms. The summed E-state index contributed by atoms with van der Waals surface area (Å²) in [5.41, 5.74) is 1.95. The standard InChI is InChI=1S/C14H16BrNO2/c15-12-2-1-6-16(9-12)14(17)11-3-4-13-10(8-11)5-7-18-13/h3-4,8,12H,1-2,5-7,9H2. The number of benzene rings is 1. The molecule has 3 nitrogen and oxygen atoms in total. The van der Waals surface area contributed by atoms with Gasteiger partial charge >= 0.3 is 0 Å². The van der Waals surface area contributed by atoms with Crippen molar-refractivity contribution in [3.63, 3.8) is 0 Å². The fraction of sp³-hybridized carbons (Fsp3) is 0.500. The molecule has 1 saturated heterocycles. The molecule has 0 aliphatic carbocycles. The molecule has 0 aromatic heterocycles. The Hall–Kier alpha value is -1.03. The van der Waals surface area contributed by atoms with Crippen LogP contribution < -0.4 is 4.74 Å². The van der Waals surface area contributed by atoms with Gasteiger partial charge in [0.05, 0.1) is 6.61 Å². The maximum atomic E-state index is 12.4. The van der Waals surface area contributed by atoms with Crippen LogP contribution in [0.25, 0.3) is 0 Å². The molecule has 0 N–H and O–H groups in total. The molecule has 1 aromatic carbocycles. The molecule has 1 fully saturated rings. The van der Waals surface area contributed by atoms with E-state index in [9.17, 15) is 4.79 Å². The first-order chi connectivity index (χ1) is 8.74. The number of alkyl halides is 1. The molecule has 0 spiro atoms.